The topological polar surface area (TPSA) is 91.1 Å². The molecule has 0 radical (unpaired) electrons. The van der Waals surface area contributed by atoms with Gasteiger partial charge in [-0.1, -0.05) is 18.2 Å². The van der Waals surface area contributed by atoms with E-state index in [4.69, 9.17) is 14.2 Å². The molecular formula is C17H17NO6Rf. The SMILES string of the molecule is COc1cc(/C=C\c2ccc(O)c([N+](=O)[O-])c2)cc(OC)c1OC.[Rf]. The molecule has 0 saturated carbocycles. The van der Waals surface area contributed by atoms with Gasteiger partial charge in [0.25, 0.3) is 0 Å². The Morgan fingerprint density at radius 3 is 2.00 bits per heavy atom. The smallest absolute Gasteiger partial charge is 0.311 e. The van der Waals surface area contributed by atoms with Crippen LogP contribution in [-0.4, -0.2) is 31.4 Å². The Labute approximate surface area is 138 Å². The normalized spacial score (nSPS) is 10.2. The summed E-state index contributed by atoms with van der Waals surface area (Å²) in [6, 6.07) is 7.67. The number of hydrogen-bond donors (Lipinski definition) is 1. The van der Waals surface area contributed by atoms with Crippen molar-refractivity contribution in [3.63, 3.8) is 0 Å². The summed E-state index contributed by atoms with van der Waals surface area (Å²) in [5.74, 6) is 1.13. The van der Waals surface area contributed by atoms with Crippen LogP contribution in [-0.2, 0) is 0 Å². The Hall–Kier alpha value is -4.22. The Morgan fingerprint density at radius 1 is 0.960 bits per heavy atom. The fourth-order valence-corrected chi connectivity index (χ4v) is 2.18. The van der Waals surface area contributed by atoms with Gasteiger partial charge in [-0.15, -0.1) is 0 Å². The number of phenolic OH excluding ortho intramolecular Hbond substituents is 1. The summed E-state index contributed by atoms with van der Waals surface area (Å²) in [6.45, 7) is 0. The zero-order valence-corrected chi connectivity index (χ0v) is 20.6. The van der Waals surface area contributed by atoms with Crippen LogP contribution in [0.2, 0.25) is 0 Å². The second-order valence-corrected chi connectivity index (χ2v) is 4.80. The fraction of sp³-hybridized carbons (Fsp3) is 0.176. The summed E-state index contributed by atoms with van der Waals surface area (Å²) < 4.78 is 15.8. The summed E-state index contributed by atoms with van der Waals surface area (Å²) in [7, 11) is 4.56. The van der Waals surface area contributed by atoms with Gasteiger partial charge >= 0.3 is 5.69 Å². The van der Waals surface area contributed by atoms with Crippen LogP contribution in [0.15, 0.2) is 30.3 Å². The number of nitro benzene ring substituents is 1. The molecule has 0 heterocycles. The van der Waals surface area contributed by atoms with Gasteiger partial charge in [0, 0.05) is 6.07 Å². The standard InChI is InChI=1S/C17H17NO6.Rf/c1-22-15-9-12(10-16(23-2)17(15)24-3)5-4-11-6-7-14(19)13(8-11)18(20)21;/h4-10,19H,1-3H3;/b5-4-;. The molecule has 25 heavy (non-hydrogen) atoms. The Morgan fingerprint density at radius 2 is 1.52 bits per heavy atom. The van der Waals surface area contributed by atoms with Crippen LogP contribution in [0.5, 0.6) is 23.0 Å². The number of aromatic hydroxyl groups is 1. The molecule has 0 aliphatic heterocycles. The number of rotatable bonds is 6. The third-order valence-electron chi connectivity index (χ3n) is 3.35. The summed E-state index contributed by atoms with van der Waals surface area (Å²) in [4.78, 5) is 10.2. The average molecular weight is 598 g/mol. The van der Waals surface area contributed by atoms with Crippen LogP contribution >= 0.6 is 0 Å². The predicted octanol–water partition coefficient (Wildman–Crippen LogP) is 3.50. The molecule has 0 unspecified atom stereocenters. The molecule has 0 amide bonds. The molecule has 0 fully saturated rings. The Bertz CT molecular complexity index is 766. The number of methoxy groups -OCH3 is 3. The molecule has 0 saturated heterocycles. The number of nitro groups is 1. The van der Waals surface area contributed by atoms with Gasteiger partial charge in [-0.25, -0.2) is 0 Å². The van der Waals surface area contributed by atoms with E-state index in [0.717, 1.165) is 5.56 Å². The van der Waals surface area contributed by atoms with Crippen molar-refractivity contribution in [2.75, 3.05) is 21.3 Å². The van der Waals surface area contributed by atoms with Gasteiger partial charge in [0.1, 0.15) is 0 Å². The van der Waals surface area contributed by atoms with Crippen LogP contribution in [0.3, 0.4) is 0 Å². The molecule has 0 aliphatic rings. The molecule has 0 bridgehead atoms. The number of nitrogens with zero attached hydrogens (tertiary/aromatic N) is 1. The Balaban J connectivity index is 0.00000312. The molecule has 0 spiro atoms. The molecule has 0 aromatic heterocycles. The molecular weight excluding hydrogens is 581 g/mol. The van der Waals surface area contributed by atoms with Crippen LogP contribution in [0.4, 0.5) is 5.69 Å². The maximum Gasteiger partial charge on any atom is 0.311 e. The first-order valence-corrected chi connectivity index (χ1v) is 6.95. The van der Waals surface area contributed by atoms with E-state index >= 15 is 0 Å². The molecule has 7 nitrogen and oxygen atoms in total. The minimum atomic E-state index is -0.633. The van der Waals surface area contributed by atoms with E-state index in [-0.39, 0.29) is 11.4 Å². The van der Waals surface area contributed by atoms with Crippen molar-refractivity contribution in [1.82, 2.24) is 0 Å². The number of phenols is 1. The third-order valence-corrected chi connectivity index (χ3v) is 3.35. The summed E-state index contributed by atoms with van der Waals surface area (Å²) in [5, 5.41) is 20.3. The van der Waals surface area contributed by atoms with E-state index in [2.05, 4.69) is 0 Å². The van der Waals surface area contributed by atoms with Gasteiger partial charge < -0.3 is 19.3 Å². The van der Waals surface area contributed by atoms with Crippen molar-refractivity contribution in [3.8, 4) is 23.0 Å². The Kier molecular flexibility index (Phi) is 5.92. The number of benzene rings is 2. The minimum absolute atomic E-state index is 0. The first kappa shape index (κ1) is 18.8. The van der Waals surface area contributed by atoms with Gasteiger partial charge in [0.05, 0.1) is 26.3 Å². The largest absolute Gasteiger partial charge is 0.502 e. The zero-order valence-electron chi connectivity index (χ0n) is 14.2. The second kappa shape index (κ2) is 7.87. The molecule has 2 aromatic rings. The van der Waals surface area contributed by atoms with E-state index < -0.39 is 4.92 Å². The minimum Gasteiger partial charge on any atom is -0.502 e. The van der Waals surface area contributed by atoms with E-state index in [9.17, 15) is 15.2 Å². The van der Waals surface area contributed by atoms with Crippen molar-refractivity contribution in [1.29, 1.82) is 0 Å². The summed E-state index contributed by atoms with van der Waals surface area (Å²) in [6.07, 6.45) is 3.44. The molecule has 0 aliphatic carbocycles. The van der Waals surface area contributed by atoms with Crippen molar-refractivity contribution >= 4 is 17.8 Å². The van der Waals surface area contributed by atoms with Crippen molar-refractivity contribution < 1.29 is 24.2 Å². The van der Waals surface area contributed by atoms with E-state index in [0.29, 0.717) is 22.8 Å². The fourth-order valence-electron chi connectivity index (χ4n) is 2.18. The maximum atomic E-state index is 10.9. The van der Waals surface area contributed by atoms with E-state index in [1.165, 1.54) is 33.5 Å². The van der Waals surface area contributed by atoms with Crippen LogP contribution in [0, 0.1) is 10.1 Å². The first-order valence-electron chi connectivity index (χ1n) is 6.95. The average Bonchev–Trinajstić information content (AvgIpc) is 2.59. The number of hydrogen-bond acceptors (Lipinski definition) is 6. The molecule has 8 heteroatoms. The van der Waals surface area contributed by atoms with Crippen LogP contribution < -0.4 is 14.2 Å². The molecule has 0 atom stereocenters. The van der Waals surface area contributed by atoms with E-state index in [1.54, 1.807) is 30.4 Å². The molecule has 128 valence electrons. The summed E-state index contributed by atoms with van der Waals surface area (Å²) >= 11 is 0. The van der Waals surface area contributed by atoms with Gasteiger partial charge in [-0.05, 0) is 29.3 Å². The van der Waals surface area contributed by atoms with Gasteiger partial charge in [0.2, 0.25) is 5.75 Å². The number of ether oxygens (including phenoxy) is 3. The van der Waals surface area contributed by atoms with E-state index in [1.807, 2.05) is 0 Å². The van der Waals surface area contributed by atoms with Crippen molar-refractivity contribution in [3.05, 3.63) is 51.6 Å². The van der Waals surface area contributed by atoms with Crippen LogP contribution in [0.1, 0.15) is 11.1 Å². The van der Waals surface area contributed by atoms with Gasteiger partial charge in [0.15, 0.2) is 17.2 Å². The third kappa shape index (κ3) is 3.95. The first-order chi connectivity index (χ1) is 11.5. The van der Waals surface area contributed by atoms with Crippen LogP contribution in [0.25, 0.3) is 12.2 Å². The summed E-state index contributed by atoms with van der Waals surface area (Å²) in [5.41, 5.74) is 0.996. The second-order valence-electron chi connectivity index (χ2n) is 4.80. The molecule has 2 aromatic carbocycles. The van der Waals surface area contributed by atoms with Crippen molar-refractivity contribution in [2.24, 2.45) is 0 Å². The monoisotopic (exact) mass is 598 g/mol. The molecule has 2 rings (SSSR count). The quantitative estimate of drug-likeness (QED) is 0.311. The van der Waals surface area contributed by atoms with Gasteiger partial charge in [-0.2, -0.15) is 0 Å². The maximum absolute atomic E-state index is 10.9. The zero-order chi connectivity index (χ0) is 17.7. The van der Waals surface area contributed by atoms with Gasteiger partial charge in [-0.3, -0.25) is 10.1 Å². The molecule has 1 N–H and O–H groups in total. The predicted molar refractivity (Wildman–Crippen MR) is 89.8 cm³/mol. The van der Waals surface area contributed by atoms with Crippen molar-refractivity contribution in [2.45, 2.75) is 0 Å².